The first-order chi connectivity index (χ1) is 6.52. The molecule has 1 heterocycles. The highest BCUT2D eigenvalue weighted by Crippen LogP contribution is 2.29. The summed E-state index contributed by atoms with van der Waals surface area (Å²) in [7, 11) is -3.54. The second-order valence-electron chi connectivity index (χ2n) is 2.88. The molecule has 14 heavy (non-hydrogen) atoms. The highest BCUT2D eigenvalue weighted by Gasteiger charge is 2.26. The molecule has 1 aromatic carbocycles. The molecule has 0 unspecified atom stereocenters. The molecule has 1 N–H and O–H groups in total. The second kappa shape index (κ2) is 2.68. The lowest BCUT2D eigenvalue weighted by Crippen LogP contribution is -2.05. The minimum Gasteiger partial charge on any atom is -0.478 e. The molecule has 4 nitrogen and oxygen atoms in total. The maximum atomic E-state index is 11.4. The molecule has 0 aliphatic carbocycles. The van der Waals surface area contributed by atoms with E-state index >= 15 is 0 Å². The van der Waals surface area contributed by atoms with Crippen LogP contribution >= 0.6 is 0 Å². The third-order valence-electron chi connectivity index (χ3n) is 1.99. The quantitative estimate of drug-likeness (QED) is 0.754. The SMILES string of the molecule is O=C(O)c1cccc2c1S(=O)(=O)C=C2. The van der Waals surface area contributed by atoms with Gasteiger partial charge in [0.05, 0.1) is 10.5 Å². The van der Waals surface area contributed by atoms with Gasteiger partial charge in [-0.05, 0) is 17.7 Å². The van der Waals surface area contributed by atoms with E-state index in [9.17, 15) is 13.2 Å². The summed E-state index contributed by atoms with van der Waals surface area (Å²) in [6.07, 6.45) is 1.40. The summed E-state index contributed by atoms with van der Waals surface area (Å²) in [4.78, 5) is 10.7. The number of hydrogen-bond acceptors (Lipinski definition) is 3. The summed E-state index contributed by atoms with van der Waals surface area (Å²) in [5.74, 6) is -1.23. The Bertz CT molecular complexity index is 540. The van der Waals surface area contributed by atoms with Crippen molar-refractivity contribution in [3.63, 3.8) is 0 Å². The normalized spacial score (nSPS) is 16.6. The van der Waals surface area contributed by atoms with Crippen LogP contribution in [0.5, 0.6) is 0 Å². The standard InChI is InChI=1S/C9H6O4S/c10-9(11)7-3-1-2-6-4-5-14(12,13)8(6)7/h1-5H,(H,10,11). The van der Waals surface area contributed by atoms with Gasteiger partial charge in [-0.1, -0.05) is 12.1 Å². The molecule has 0 atom stereocenters. The van der Waals surface area contributed by atoms with E-state index in [0.29, 0.717) is 5.56 Å². The minimum atomic E-state index is -3.54. The summed E-state index contributed by atoms with van der Waals surface area (Å²) in [6.45, 7) is 0. The molecule has 5 heteroatoms. The number of hydrogen-bond donors (Lipinski definition) is 1. The van der Waals surface area contributed by atoms with E-state index in [1.807, 2.05) is 0 Å². The molecule has 0 aromatic heterocycles. The third-order valence-corrected chi connectivity index (χ3v) is 3.51. The molecule has 0 radical (unpaired) electrons. The monoisotopic (exact) mass is 210 g/mol. The van der Waals surface area contributed by atoms with Crippen LogP contribution in [0, 0.1) is 0 Å². The Morgan fingerprint density at radius 3 is 2.64 bits per heavy atom. The number of carboxylic acid groups (broad SMARTS) is 1. The zero-order valence-corrected chi connectivity index (χ0v) is 7.78. The van der Waals surface area contributed by atoms with Crippen molar-refractivity contribution < 1.29 is 18.3 Å². The molecule has 0 saturated heterocycles. The number of carbonyl (C=O) groups is 1. The van der Waals surface area contributed by atoms with E-state index in [4.69, 9.17) is 5.11 Å². The largest absolute Gasteiger partial charge is 0.478 e. The van der Waals surface area contributed by atoms with Crippen LogP contribution in [-0.4, -0.2) is 19.5 Å². The Balaban J connectivity index is 2.84. The Labute approximate surface area is 80.4 Å². The van der Waals surface area contributed by atoms with Gasteiger partial charge in [0.25, 0.3) is 0 Å². The number of fused-ring (bicyclic) bond motifs is 1. The van der Waals surface area contributed by atoms with E-state index in [-0.39, 0.29) is 10.5 Å². The second-order valence-corrected chi connectivity index (χ2v) is 4.65. The van der Waals surface area contributed by atoms with Crippen LogP contribution in [0.3, 0.4) is 0 Å². The highest BCUT2D eigenvalue weighted by molar-refractivity contribution is 7.95. The highest BCUT2D eigenvalue weighted by atomic mass is 32.2. The van der Waals surface area contributed by atoms with Crippen LogP contribution in [0.15, 0.2) is 28.5 Å². The van der Waals surface area contributed by atoms with Crippen LogP contribution in [0.2, 0.25) is 0 Å². The van der Waals surface area contributed by atoms with Gasteiger partial charge in [0.2, 0.25) is 9.84 Å². The lowest BCUT2D eigenvalue weighted by atomic mass is 10.1. The van der Waals surface area contributed by atoms with Crippen LogP contribution in [0.25, 0.3) is 6.08 Å². The molecule has 0 saturated carbocycles. The molecular weight excluding hydrogens is 204 g/mol. The van der Waals surface area contributed by atoms with Gasteiger partial charge in [-0.3, -0.25) is 0 Å². The first kappa shape index (κ1) is 8.96. The smallest absolute Gasteiger partial charge is 0.337 e. The van der Waals surface area contributed by atoms with Gasteiger partial charge in [0, 0.05) is 5.41 Å². The molecule has 0 bridgehead atoms. The lowest BCUT2D eigenvalue weighted by Gasteiger charge is -2.02. The van der Waals surface area contributed by atoms with E-state index < -0.39 is 15.8 Å². The van der Waals surface area contributed by atoms with Crippen molar-refractivity contribution >= 4 is 21.9 Å². The fraction of sp³-hybridized carbons (Fsp3) is 0. The molecule has 1 aliphatic rings. The number of carboxylic acids is 1. The summed E-state index contributed by atoms with van der Waals surface area (Å²) >= 11 is 0. The van der Waals surface area contributed by atoms with Gasteiger partial charge in [0.15, 0.2) is 0 Å². The molecule has 0 fully saturated rings. The Morgan fingerprint density at radius 1 is 1.29 bits per heavy atom. The minimum absolute atomic E-state index is 0.104. The van der Waals surface area contributed by atoms with Crippen LogP contribution in [0.1, 0.15) is 15.9 Å². The van der Waals surface area contributed by atoms with E-state index in [1.54, 1.807) is 6.07 Å². The lowest BCUT2D eigenvalue weighted by molar-refractivity contribution is 0.0692. The van der Waals surface area contributed by atoms with Gasteiger partial charge < -0.3 is 5.11 Å². The van der Waals surface area contributed by atoms with Crippen molar-refractivity contribution in [3.05, 3.63) is 34.7 Å². The number of benzene rings is 1. The average molecular weight is 210 g/mol. The molecule has 72 valence electrons. The van der Waals surface area contributed by atoms with Crippen molar-refractivity contribution in [1.29, 1.82) is 0 Å². The summed E-state index contributed by atoms with van der Waals surface area (Å²) in [5.41, 5.74) is 0.261. The van der Waals surface area contributed by atoms with Crippen LogP contribution < -0.4 is 0 Å². The first-order valence-corrected chi connectivity index (χ1v) is 5.36. The van der Waals surface area contributed by atoms with E-state index in [1.165, 1.54) is 18.2 Å². The van der Waals surface area contributed by atoms with Gasteiger partial charge in [-0.25, -0.2) is 13.2 Å². The third kappa shape index (κ3) is 1.13. The van der Waals surface area contributed by atoms with Crippen molar-refractivity contribution in [1.82, 2.24) is 0 Å². The fourth-order valence-electron chi connectivity index (χ4n) is 1.40. The topological polar surface area (TPSA) is 71.4 Å². The number of rotatable bonds is 1. The Morgan fingerprint density at radius 2 is 2.00 bits per heavy atom. The predicted molar refractivity (Wildman–Crippen MR) is 49.6 cm³/mol. The predicted octanol–water partition coefficient (Wildman–Crippen LogP) is 1.14. The molecule has 2 rings (SSSR count). The maximum absolute atomic E-state index is 11.4. The zero-order valence-electron chi connectivity index (χ0n) is 6.97. The van der Waals surface area contributed by atoms with Crippen molar-refractivity contribution in [3.8, 4) is 0 Å². The average Bonchev–Trinajstić information content (AvgIpc) is 2.43. The van der Waals surface area contributed by atoms with Crippen molar-refractivity contribution in [2.45, 2.75) is 4.90 Å². The fourth-order valence-corrected chi connectivity index (χ4v) is 2.79. The van der Waals surface area contributed by atoms with Gasteiger partial charge >= 0.3 is 5.97 Å². The Kier molecular flexibility index (Phi) is 1.72. The Hall–Kier alpha value is -1.62. The summed E-state index contributed by atoms with van der Waals surface area (Å²) in [6, 6.07) is 4.38. The van der Waals surface area contributed by atoms with Crippen molar-refractivity contribution in [2.75, 3.05) is 0 Å². The zero-order chi connectivity index (χ0) is 10.3. The summed E-state index contributed by atoms with van der Waals surface area (Å²) in [5, 5.41) is 9.81. The molecule has 0 amide bonds. The molecule has 1 aliphatic heterocycles. The first-order valence-electron chi connectivity index (χ1n) is 3.82. The van der Waals surface area contributed by atoms with Gasteiger partial charge in [0.1, 0.15) is 0 Å². The number of sulfone groups is 1. The summed E-state index contributed by atoms with van der Waals surface area (Å²) < 4.78 is 22.9. The van der Waals surface area contributed by atoms with E-state index in [0.717, 1.165) is 5.41 Å². The van der Waals surface area contributed by atoms with Gasteiger partial charge in [-0.15, -0.1) is 0 Å². The van der Waals surface area contributed by atoms with Crippen LogP contribution in [0.4, 0.5) is 0 Å². The molecule has 0 spiro atoms. The number of aromatic carboxylic acids is 1. The van der Waals surface area contributed by atoms with Gasteiger partial charge in [-0.2, -0.15) is 0 Å². The molecular formula is C9H6O4S. The van der Waals surface area contributed by atoms with Crippen molar-refractivity contribution in [2.24, 2.45) is 0 Å². The van der Waals surface area contributed by atoms with Crippen LogP contribution in [-0.2, 0) is 9.84 Å². The van der Waals surface area contributed by atoms with E-state index in [2.05, 4.69) is 0 Å². The molecule has 1 aromatic rings. The maximum Gasteiger partial charge on any atom is 0.337 e.